The molecule has 4 aliphatic rings. The first-order valence-corrected chi connectivity index (χ1v) is 14.6. The Kier molecular flexibility index (Phi) is 12.1. The quantitative estimate of drug-likeness (QED) is 0.110. The van der Waals surface area contributed by atoms with Gasteiger partial charge in [0, 0.05) is 5.92 Å². The highest BCUT2D eigenvalue weighted by molar-refractivity contribution is 5.73. The van der Waals surface area contributed by atoms with Crippen molar-refractivity contribution in [2.45, 2.75) is 137 Å². The lowest BCUT2D eigenvalue weighted by atomic mass is 9.90. The second kappa shape index (κ2) is 14.9. The first-order chi connectivity index (χ1) is 21.1. The Morgan fingerprint density at radius 3 is 1.58 bits per heavy atom. The molecule has 45 heavy (non-hydrogen) atoms. The lowest BCUT2D eigenvalue weighted by Crippen LogP contribution is -2.67. The Morgan fingerprint density at radius 1 is 0.533 bits per heavy atom. The van der Waals surface area contributed by atoms with Crippen LogP contribution in [-0.2, 0) is 38.0 Å². The van der Waals surface area contributed by atoms with E-state index in [1.54, 1.807) is 0 Å². The van der Waals surface area contributed by atoms with Gasteiger partial charge < -0.3 is 89.3 Å². The Hall–Kier alpha value is -1.21. The number of hydrogen-bond donors (Lipinski definition) is 11. The number of carboxylic acid groups (broad SMARTS) is 1. The van der Waals surface area contributed by atoms with Crippen molar-refractivity contribution in [2.75, 3.05) is 13.2 Å². The van der Waals surface area contributed by atoms with Crippen LogP contribution in [-0.4, -0.2) is 192 Å². The zero-order chi connectivity index (χ0) is 33.5. The number of aliphatic hydroxyl groups is 10. The molecule has 262 valence electrons. The zero-order valence-corrected chi connectivity index (χ0v) is 24.6. The van der Waals surface area contributed by atoms with E-state index in [9.17, 15) is 61.0 Å². The van der Waals surface area contributed by atoms with E-state index >= 15 is 0 Å². The highest BCUT2D eigenvalue weighted by Gasteiger charge is 2.55. The molecule has 9 unspecified atom stereocenters. The average Bonchev–Trinajstić information content (AvgIpc) is 3.00. The van der Waals surface area contributed by atoms with E-state index in [-0.39, 0.29) is 0 Å². The van der Waals surface area contributed by atoms with Crippen molar-refractivity contribution < 1.29 is 94.1 Å². The second-order valence-electron chi connectivity index (χ2n) is 11.8. The fourth-order valence-electron chi connectivity index (χ4n) is 5.92. The van der Waals surface area contributed by atoms with E-state index in [2.05, 4.69) is 0 Å². The number of aliphatic carboxylic acids is 1. The Labute approximate surface area is 257 Å². The van der Waals surface area contributed by atoms with Crippen molar-refractivity contribution in [1.29, 1.82) is 0 Å². The third-order valence-electron chi connectivity index (χ3n) is 8.77. The SMILES string of the molecule is CC1O[C@@H](C)[C@@H](O)C(O)[C@H]1O[C@@H]1OC(CO)[C@@H](O[C@@H]2OC(C(=O)O)[C@@H](O[C@@H]3OC(CO)[C@@H](O)[C@H](C)C3O)C(O)C2O)[C@H](O)C1O. The van der Waals surface area contributed by atoms with Gasteiger partial charge in [-0.25, -0.2) is 4.79 Å². The van der Waals surface area contributed by atoms with Gasteiger partial charge in [0.15, 0.2) is 25.0 Å². The summed E-state index contributed by atoms with van der Waals surface area (Å²) < 4.78 is 38.5. The van der Waals surface area contributed by atoms with Crippen LogP contribution in [0.15, 0.2) is 0 Å². The molecular formula is C26H44O19. The number of aliphatic hydroxyl groups excluding tert-OH is 10. The summed E-state index contributed by atoms with van der Waals surface area (Å²) in [6, 6.07) is 0. The first kappa shape index (κ1) is 36.6. The fraction of sp³-hybridized carbons (Fsp3) is 0.962. The first-order valence-electron chi connectivity index (χ1n) is 14.6. The maximum absolute atomic E-state index is 12.1. The van der Waals surface area contributed by atoms with Crippen LogP contribution in [0.5, 0.6) is 0 Å². The maximum Gasteiger partial charge on any atom is 0.335 e. The molecule has 0 bridgehead atoms. The molecule has 0 aromatic rings. The van der Waals surface area contributed by atoms with Gasteiger partial charge >= 0.3 is 5.97 Å². The van der Waals surface area contributed by atoms with Crippen molar-refractivity contribution in [3.63, 3.8) is 0 Å². The maximum atomic E-state index is 12.1. The van der Waals surface area contributed by atoms with Crippen molar-refractivity contribution in [3.8, 4) is 0 Å². The van der Waals surface area contributed by atoms with Crippen molar-refractivity contribution >= 4 is 5.97 Å². The summed E-state index contributed by atoms with van der Waals surface area (Å²) in [6.45, 7) is 2.96. The van der Waals surface area contributed by atoms with Gasteiger partial charge in [0.1, 0.15) is 73.2 Å². The predicted molar refractivity (Wildman–Crippen MR) is 140 cm³/mol. The third-order valence-corrected chi connectivity index (χ3v) is 8.77. The largest absolute Gasteiger partial charge is 0.479 e. The summed E-state index contributed by atoms with van der Waals surface area (Å²) in [5.74, 6) is -2.61. The molecular weight excluding hydrogens is 616 g/mol. The summed E-state index contributed by atoms with van der Waals surface area (Å²) in [5.41, 5.74) is 0. The van der Waals surface area contributed by atoms with Crippen LogP contribution >= 0.6 is 0 Å². The van der Waals surface area contributed by atoms with Gasteiger partial charge in [-0.15, -0.1) is 0 Å². The highest BCUT2D eigenvalue weighted by Crippen LogP contribution is 2.35. The molecule has 20 atom stereocenters. The van der Waals surface area contributed by atoms with E-state index in [1.165, 1.54) is 20.8 Å². The third kappa shape index (κ3) is 7.29. The minimum atomic E-state index is -2.08. The number of rotatable bonds is 9. The predicted octanol–water partition coefficient (Wildman–Crippen LogP) is -6.28. The van der Waals surface area contributed by atoms with Crippen LogP contribution in [0.3, 0.4) is 0 Å². The lowest BCUT2D eigenvalue weighted by Gasteiger charge is -2.48. The summed E-state index contributed by atoms with van der Waals surface area (Å²) in [6.07, 6.45) is -30.1. The minimum Gasteiger partial charge on any atom is -0.479 e. The van der Waals surface area contributed by atoms with E-state index in [4.69, 9.17) is 33.2 Å². The van der Waals surface area contributed by atoms with Crippen LogP contribution in [0.4, 0.5) is 0 Å². The van der Waals surface area contributed by atoms with Crippen LogP contribution in [0.1, 0.15) is 20.8 Å². The zero-order valence-electron chi connectivity index (χ0n) is 24.6. The van der Waals surface area contributed by atoms with Gasteiger partial charge in [-0.05, 0) is 13.8 Å². The molecule has 4 heterocycles. The average molecular weight is 661 g/mol. The summed E-state index contributed by atoms with van der Waals surface area (Å²) in [7, 11) is 0. The van der Waals surface area contributed by atoms with E-state index in [0.29, 0.717) is 0 Å². The van der Waals surface area contributed by atoms with Gasteiger partial charge in [0.05, 0.1) is 31.5 Å². The van der Waals surface area contributed by atoms with Gasteiger partial charge in [-0.3, -0.25) is 0 Å². The second-order valence-corrected chi connectivity index (χ2v) is 11.8. The molecule has 4 fully saturated rings. The van der Waals surface area contributed by atoms with E-state index in [1.807, 2.05) is 0 Å². The lowest BCUT2D eigenvalue weighted by molar-refractivity contribution is -0.379. The topological polar surface area (TPSA) is 304 Å². The fourth-order valence-corrected chi connectivity index (χ4v) is 5.92. The molecule has 19 nitrogen and oxygen atoms in total. The Bertz CT molecular complexity index is 971. The van der Waals surface area contributed by atoms with Gasteiger partial charge in [-0.2, -0.15) is 0 Å². The molecule has 0 aliphatic carbocycles. The van der Waals surface area contributed by atoms with E-state index < -0.39 is 142 Å². The highest BCUT2D eigenvalue weighted by atomic mass is 16.8. The molecule has 19 heteroatoms. The van der Waals surface area contributed by atoms with Gasteiger partial charge in [-0.1, -0.05) is 6.92 Å². The van der Waals surface area contributed by atoms with Crippen LogP contribution in [0.25, 0.3) is 0 Å². The standard InChI is InChI=1S/C26H44O19/c1-6-11(29)9(4-27)40-24(12(6)30)44-21-16(34)18(36)26(45-22(21)23(37)38)43-20-10(5-28)41-25(17(35)15(20)33)42-19-8(3)39-7(2)13(31)14(19)32/h6-22,24-36H,4-5H2,1-3H3,(H,37,38)/t6-,7-,8?,9?,10?,11-,12?,13+,14?,15+,16?,17?,18?,19-,20+,21-,22?,24-,25-,26+/m0/s1. The van der Waals surface area contributed by atoms with Gasteiger partial charge in [0.25, 0.3) is 0 Å². The number of hydrogen-bond acceptors (Lipinski definition) is 18. The van der Waals surface area contributed by atoms with Crippen molar-refractivity contribution in [1.82, 2.24) is 0 Å². The molecule has 0 saturated carbocycles. The van der Waals surface area contributed by atoms with Crippen molar-refractivity contribution in [3.05, 3.63) is 0 Å². The molecule has 0 aromatic heterocycles. The summed E-state index contributed by atoms with van der Waals surface area (Å²) in [5, 5.41) is 114. The minimum absolute atomic E-state index is 0.673. The molecule has 4 rings (SSSR count). The monoisotopic (exact) mass is 660 g/mol. The number of carboxylic acids is 1. The van der Waals surface area contributed by atoms with Crippen molar-refractivity contribution in [2.24, 2.45) is 5.92 Å². The molecule has 0 radical (unpaired) electrons. The molecule has 4 saturated heterocycles. The van der Waals surface area contributed by atoms with Crippen LogP contribution < -0.4 is 0 Å². The summed E-state index contributed by atoms with van der Waals surface area (Å²) in [4.78, 5) is 12.1. The van der Waals surface area contributed by atoms with E-state index in [0.717, 1.165) is 0 Å². The number of carbonyl (C=O) groups is 1. The van der Waals surface area contributed by atoms with Crippen LogP contribution in [0, 0.1) is 5.92 Å². The Balaban J connectivity index is 1.46. The van der Waals surface area contributed by atoms with Gasteiger partial charge in [0.2, 0.25) is 0 Å². The summed E-state index contributed by atoms with van der Waals surface area (Å²) >= 11 is 0. The Morgan fingerprint density at radius 2 is 1.00 bits per heavy atom. The number of ether oxygens (including phenoxy) is 7. The molecule has 4 aliphatic heterocycles. The molecule has 11 N–H and O–H groups in total. The van der Waals surface area contributed by atoms with Crippen LogP contribution in [0.2, 0.25) is 0 Å². The molecule has 0 aromatic carbocycles. The normalized spacial score (nSPS) is 52.8. The molecule has 0 amide bonds. The molecule has 0 spiro atoms. The smallest absolute Gasteiger partial charge is 0.335 e.